The van der Waals surface area contributed by atoms with Gasteiger partial charge in [0.15, 0.2) is 5.82 Å². The average molecular weight is 290 g/mol. The van der Waals surface area contributed by atoms with Crippen LogP contribution in [0.5, 0.6) is 0 Å². The van der Waals surface area contributed by atoms with E-state index >= 15 is 0 Å². The molecular weight excluding hydrogens is 274 g/mol. The van der Waals surface area contributed by atoms with Gasteiger partial charge in [0.2, 0.25) is 5.91 Å². The van der Waals surface area contributed by atoms with Gasteiger partial charge in [-0.05, 0) is 25.0 Å². The Kier molecular flexibility index (Phi) is 4.52. The fourth-order valence-corrected chi connectivity index (χ4v) is 2.05. The molecule has 1 amide bonds. The minimum atomic E-state index is -0.878. The largest absolute Gasteiger partial charge is 0.397 e. The van der Waals surface area contributed by atoms with E-state index in [4.69, 9.17) is 5.73 Å². The van der Waals surface area contributed by atoms with E-state index < -0.39 is 11.6 Å². The van der Waals surface area contributed by atoms with E-state index in [2.05, 4.69) is 5.32 Å². The first-order chi connectivity index (χ1) is 9.95. The van der Waals surface area contributed by atoms with Crippen LogP contribution in [-0.4, -0.2) is 5.91 Å². The molecule has 0 heterocycles. The Balaban J connectivity index is 1.99. The van der Waals surface area contributed by atoms with E-state index in [9.17, 15) is 13.6 Å². The van der Waals surface area contributed by atoms with Gasteiger partial charge in [0.05, 0.1) is 5.69 Å². The summed E-state index contributed by atoms with van der Waals surface area (Å²) in [6.07, 6.45) is 0.732. The maximum Gasteiger partial charge on any atom is 0.224 e. The monoisotopic (exact) mass is 290 g/mol. The number of benzene rings is 2. The lowest BCUT2D eigenvalue weighted by molar-refractivity contribution is -0.116. The second-order valence-corrected chi connectivity index (χ2v) is 4.89. The zero-order valence-electron chi connectivity index (χ0n) is 11.6. The van der Waals surface area contributed by atoms with Crippen LogP contribution < -0.4 is 11.1 Å². The van der Waals surface area contributed by atoms with Gasteiger partial charge >= 0.3 is 0 Å². The normalized spacial score (nSPS) is 10.4. The third-order valence-electron chi connectivity index (χ3n) is 3.07. The van der Waals surface area contributed by atoms with Crippen LogP contribution in [0.3, 0.4) is 0 Å². The minimum Gasteiger partial charge on any atom is -0.397 e. The van der Waals surface area contributed by atoms with E-state index in [1.165, 1.54) is 0 Å². The third kappa shape index (κ3) is 4.02. The highest BCUT2D eigenvalue weighted by Gasteiger charge is 2.12. The zero-order chi connectivity index (χ0) is 15.4. The highest BCUT2D eigenvalue weighted by Crippen LogP contribution is 2.24. The molecule has 0 unspecified atom stereocenters. The summed E-state index contributed by atoms with van der Waals surface area (Å²) in [5.74, 6) is -2.02. The van der Waals surface area contributed by atoms with E-state index in [-0.39, 0.29) is 23.7 Å². The van der Waals surface area contributed by atoms with E-state index in [0.29, 0.717) is 12.5 Å². The smallest absolute Gasteiger partial charge is 0.224 e. The summed E-state index contributed by atoms with van der Waals surface area (Å²) >= 11 is 0. The van der Waals surface area contributed by atoms with Crippen molar-refractivity contribution in [1.82, 2.24) is 0 Å². The van der Waals surface area contributed by atoms with Crippen molar-refractivity contribution in [3.8, 4) is 0 Å². The van der Waals surface area contributed by atoms with Gasteiger partial charge in [-0.15, -0.1) is 0 Å². The summed E-state index contributed by atoms with van der Waals surface area (Å²) in [6, 6.07) is 9.46. The number of hydrogen-bond donors (Lipinski definition) is 2. The first kappa shape index (κ1) is 15.0. The van der Waals surface area contributed by atoms with Gasteiger partial charge in [-0.1, -0.05) is 29.8 Å². The van der Waals surface area contributed by atoms with Gasteiger partial charge in [-0.2, -0.15) is 0 Å². The zero-order valence-corrected chi connectivity index (χ0v) is 11.6. The summed E-state index contributed by atoms with van der Waals surface area (Å²) in [4.78, 5) is 11.8. The molecule has 0 saturated heterocycles. The first-order valence-corrected chi connectivity index (χ1v) is 6.55. The predicted octanol–water partition coefficient (Wildman–Crippen LogP) is 3.43. The standard InChI is InChI=1S/C16H16F2N2O/c1-10-3-2-4-11(7-10)5-6-15(21)20-16-13(18)8-12(17)9-14(16)19/h2-4,7-9H,5-6,19H2,1H3,(H,20,21). The van der Waals surface area contributed by atoms with Crippen molar-refractivity contribution >= 4 is 17.3 Å². The Bertz CT molecular complexity index is 648. The second kappa shape index (κ2) is 6.35. The number of anilines is 2. The highest BCUT2D eigenvalue weighted by molar-refractivity contribution is 5.94. The molecule has 0 fully saturated rings. The molecule has 0 spiro atoms. The number of nitrogens with one attached hydrogen (secondary N) is 1. The molecule has 0 aliphatic heterocycles. The van der Waals surface area contributed by atoms with E-state index in [0.717, 1.165) is 17.2 Å². The van der Waals surface area contributed by atoms with Crippen molar-refractivity contribution in [3.05, 3.63) is 59.2 Å². The van der Waals surface area contributed by atoms with Crippen LogP contribution in [-0.2, 0) is 11.2 Å². The summed E-state index contributed by atoms with van der Waals surface area (Å²) in [7, 11) is 0. The van der Waals surface area contributed by atoms with Crippen molar-refractivity contribution in [2.45, 2.75) is 19.8 Å². The van der Waals surface area contributed by atoms with Gasteiger partial charge in [0.1, 0.15) is 11.5 Å². The third-order valence-corrected chi connectivity index (χ3v) is 3.07. The van der Waals surface area contributed by atoms with Gasteiger partial charge < -0.3 is 11.1 Å². The molecule has 2 rings (SSSR count). The number of hydrogen-bond acceptors (Lipinski definition) is 2. The molecule has 2 aromatic rings. The molecule has 0 aliphatic rings. The molecule has 5 heteroatoms. The van der Waals surface area contributed by atoms with Crippen LogP contribution in [0.2, 0.25) is 0 Å². The Hall–Kier alpha value is -2.43. The van der Waals surface area contributed by atoms with Crippen LogP contribution in [0, 0.1) is 18.6 Å². The molecule has 0 atom stereocenters. The van der Waals surface area contributed by atoms with Crippen LogP contribution in [0.1, 0.15) is 17.5 Å². The second-order valence-electron chi connectivity index (χ2n) is 4.89. The molecule has 3 N–H and O–H groups in total. The summed E-state index contributed by atoms with van der Waals surface area (Å²) in [6.45, 7) is 1.97. The predicted molar refractivity (Wildman–Crippen MR) is 78.9 cm³/mol. The fourth-order valence-electron chi connectivity index (χ4n) is 2.05. The number of rotatable bonds is 4. The molecular formula is C16H16F2N2O. The van der Waals surface area contributed by atoms with Gasteiger partial charge in [0, 0.05) is 12.5 Å². The van der Waals surface area contributed by atoms with Crippen molar-refractivity contribution in [2.24, 2.45) is 0 Å². The molecule has 0 aliphatic carbocycles. The molecule has 110 valence electrons. The van der Waals surface area contributed by atoms with Crippen molar-refractivity contribution in [3.63, 3.8) is 0 Å². The molecule has 0 radical (unpaired) electrons. The fraction of sp³-hybridized carbons (Fsp3) is 0.188. The summed E-state index contributed by atoms with van der Waals surface area (Å²) in [5, 5.41) is 2.38. The van der Waals surface area contributed by atoms with Crippen LogP contribution >= 0.6 is 0 Å². The molecule has 0 saturated carbocycles. The van der Waals surface area contributed by atoms with Gasteiger partial charge in [0.25, 0.3) is 0 Å². The van der Waals surface area contributed by atoms with Gasteiger partial charge in [-0.25, -0.2) is 8.78 Å². The lowest BCUT2D eigenvalue weighted by atomic mass is 10.1. The number of carbonyl (C=O) groups is 1. The Morgan fingerprint density at radius 2 is 2.00 bits per heavy atom. The minimum absolute atomic E-state index is 0.128. The van der Waals surface area contributed by atoms with Crippen LogP contribution in [0.15, 0.2) is 36.4 Å². The maximum atomic E-state index is 13.6. The Labute approximate surface area is 121 Å². The maximum absolute atomic E-state index is 13.6. The SMILES string of the molecule is Cc1cccc(CCC(=O)Nc2c(N)cc(F)cc2F)c1. The lowest BCUT2D eigenvalue weighted by Gasteiger charge is -2.09. The molecule has 0 aromatic heterocycles. The number of halogens is 2. The highest BCUT2D eigenvalue weighted by atomic mass is 19.1. The first-order valence-electron chi connectivity index (χ1n) is 6.55. The number of nitrogens with two attached hydrogens (primary N) is 1. The van der Waals surface area contributed by atoms with Crippen molar-refractivity contribution in [1.29, 1.82) is 0 Å². The number of aryl methyl sites for hydroxylation is 2. The molecule has 2 aromatic carbocycles. The quantitative estimate of drug-likeness (QED) is 0.848. The molecule has 0 bridgehead atoms. The van der Waals surface area contributed by atoms with Crippen molar-refractivity contribution < 1.29 is 13.6 Å². The number of nitrogen functional groups attached to an aromatic ring is 1. The Morgan fingerprint density at radius 3 is 2.67 bits per heavy atom. The summed E-state index contributed by atoms with van der Waals surface area (Å²) < 4.78 is 26.5. The van der Waals surface area contributed by atoms with E-state index in [1.807, 2.05) is 31.2 Å². The van der Waals surface area contributed by atoms with Crippen molar-refractivity contribution in [2.75, 3.05) is 11.1 Å². The summed E-state index contributed by atoms with van der Waals surface area (Å²) in [5.41, 5.74) is 7.34. The molecule has 3 nitrogen and oxygen atoms in total. The van der Waals surface area contributed by atoms with Gasteiger partial charge in [-0.3, -0.25) is 4.79 Å². The number of carbonyl (C=O) groups excluding carboxylic acids is 1. The topological polar surface area (TPSA) is 55.1 Å². The Morgan fingerprint density at radius 1 is 1.24 bits per heavy atom. The van der Waals surface area contributed by atoms with E-state index in [1.54, 1.807) is 0 Å². The lowest BCUT2D eigenvalue weighted by Crippen LogP contribution is -2.15. The van der Waals surface area contributed by atoms with Crippen LogP contribution in [0.25, 0.3) is 0 Å². The molecule has 21 heavy (non-hydrogen) atoms. The van der Waals surface area contributed by atoms with Crippen LogP contribution in [0.4, 0.5) is 20.2 Å². The number of amides is 1. The average Bonchev–Trinajstić information content (AvgIpc) is 2.40.